The second-order valence-corrected chi connectivity index (χ2v) is 5.61. The molecule has 0 bridgehead atoms. The molecule has 2 fully saturated rings. The minimum Gasteiger partial charge on any atom is -0.383 e. The summed E-state index contributed by atoms with van der Waals surface area (Å²) in [6.07, 6.45) is 5.79. The molecule has 4 nitrogen and oxygen atoms in total. The first kappa shape index (κ1) is 14.3. The van der Waals surface area contributed by atoms with Crippen LogP contribution in [0.25, 0.3) is 0 Å². The Hall–Kier alpha value is -0.160. The van der Waals surface area contributed by atoms with Crippen LogP contribution >= 0.6 is 0 Å². The lowest BCUT2D eigenvalue weighted by Gasteiger charge is -2.44. The highest BCUT2D eigenvalue weighted by Crippen LogP contribution is 2.27. The smallest absolute Gasteiger partial charge is 0.0730 e. The maximum absolute atomic E-state index is 5.90. The number of morpholine rings is 1. The fourth-order valence-corrected chi connectivity index (χ4v) is 3.22. The third-order valence-corrected chi connectivity index (χ3v) is 4.16. The molecule has 18 heavy (non-hydrogen) atoms. The lowest BCUT2D eigenvalue weighted by Crippen LogP contribution is -2.54. The Bertz CT molecular complexity index is 236. The van der Waals surface area contributed by atoms with Crippen LogP contribution in [-0.4, -0.2) is 63.0 Å². The molecule has 0 aromatic carbocycles. The van der Waals surface area contributed by atoms with E-state index in [4.69, 9.17) is 9.47 Å². The SMILES string of the molecule is COCC(C)NCCN1CCOC2CCCCC21. The van der Waals surface area contributed by atoms with E-state index in [1.165, 1.54) is 25.7 Å². The first-order chi connectivity index (χ1) is 8.81. The van der Waals surface area contributed by atoms with Gasteiger partial charge in [0.05, 0.1) is 19.3 Å². The van der Waals surface area contributed by atoms with Crippen molar-refractivity contribution in [2.45, 2.75) is 50.8 Å². The van der Waals surface area contributed by atoms with Gasteiger partial charge < -0.3 is 14.8 Å². The van der Waals surface area contributed by atoms with E-state index in [0.717, 1.165) is 32.8 Å². The third kappa shape index (κ3) is 3.92. The van der Waals surface area contributed by atoms with Crippen LogP contribution in [-0.2, 0) is 9.47 Å². The zero-order chi connectivity index (χ0) is 12.8. The Morgan fingerprint density at radius 1 is 1.39 bits per heavy atom. The molecule has 2 aliphatic rings. The molecule has 1 heterocycles. The van der Waals surface area contributed by atoms with E-state index in [2.05, 4.69) is 17.1 Å². The molecular formula is C14H28N2O2. The molecule has 3 atom stereocenters. The molecule has 0 aromatic heterocycles. The van der Waals surface area contributed by atoms with Crippen molar-refractivity contribution < 1.29 is 9.47 Å². The minimum absolute atomic E-state index is 0.443. The van der Waals surface area contributed by atoms with Crippen LogP contribution in [0.1, 0.15) is 32.6 Å². The average Bonchev–Trinajstić information content (AvgIpc) is 2.39. The topological polar surface area (TPSA) is 33.7 Å². The fraction of sp³-hybridized carbons (Fsp3) is 1.00. The van der Waals surface area contributed by atoms with Gasteiger partial charge in [0.2, 0.25) is 0 Å². The van der Waals surface area contributed by atoms with E-state index in [1.54, 1.807) is 7.11 Å². The lowest BCUT2D eigenvalue weighted by atomic mass is 9.90. The molecule has 1 N–H and O–H groups in total. The molecule has 2 rings (SSSR count). The van der Waals surface area contributed by atoms with Crippen molar-refractivity contribution in [2.75, 3.05) is 40.0 Å². The predicted octanol–water partition coefficient (Wildman–Crippen LogP) is 1.25. The Labute approximate surface area is 111 Å². The zero-order valence-corrected chi connectivity index (χ0v) is 11.9. The summed E-state index contributed by atoms with van der Waals surface area (Å²) in [6.45, 7) is 7.16. The predicted molar refractivity (Wildman–Crippen MR) is 72.9 cm³/mol. The molecule has 3 unspecified atom stereocenters. The number of ether oxygens (including phenoxy) is 2. The van der Waals surface area contributed by atoms with Gasteiger partial charge in [-0.3, -0.25) is 4.90 Å². The summed E-state index contributed by atoms with van der Waals surface area (Å²) in [6, 6.07) is 1.12. The summed E-state index contributed by atoms with van der Waals surface area (Å²) < 4.78 is 11.0. The molecule has 0 aromatic rings. The number of rotatable bonds is 6. The standard InChI is InChI=1S/C14H28N2O2/c1-12(11-17-2)15-7-8-16-9-10-18-14-6-4-3-5-13(14)16/h12-15H,3-11H2,1-2H3. The largest absolute Gasteiger partial charge is 0.383 e. The van der Waals surface area contributed by atoms with Crippen LogP contribution in [0.5, 0.6) is 0 Å². The Kier molecular flexibility index (Phi) is 5.89. The van der Waals surface area contributed by atoms with E-state index in [0.29, 0.717) is 18.2 Å². The normalized spacial score (nSPS) is 31.0. The van der Waals surface area contributed by atoms with Crippen molar-refractivity contribution >= 4 is 0 Å². The number of nitrogens with one attached hydrogen (secondary N) is 1. The molecule has 106 valence electrons. The van der Waals surface area contributed by atoms with Crippen LogP contribution in [0, 0.1) is 0 Å². The van der Waals surface area contributed by atoms with Crippen LogP contribution < -0.4 is 5.32 Å². The van der Waals surface area contributed by atoms with Crippen molar-refractivity contribution in [1.82, 2.24) is 10.2 Å². The molecule has 4 heteroatoms. The first-order valence-corrected chi connectivity index (χ1v) is 7.39. The van der Waals surface area contributed by atoms with Crippen LogP contribution in [0.15, 0.2) is 0 Å². The maximum Gasteiger partial charge on any atom is 0.0730 e. The van der Waals surface area contributed by atoms with Crippen molar-refractivity contribution in [3.8, 4) is 0 Å². The number of hydrogen-bond acceptors (Lipinski definition) is 4. The zero-order valence-electron chi connectivity index (χ0n) is 11.9. The molecule has 1 aliphatic heterocycles. The maximum atomic E-state index is 5.90. The summed E-state index contributed by atoms with van der Waals surface area (Å²) in [5.41, 5.74) is 0. The van der Waals surface area contributed by atoms with Gasteiger partial charge in [-0.15, -0.1) is 0 Å². The number of fused-ring (bicyclic) bond motifs is 1. The first-order valence-electron chi connectivity index (χ1n) is 7.39. The van der Waals surface area contributed by atoms with Crippen molar-refractivity contribution in [1.29, 1.82) is 0 Å². The summed E-state index contributed by atoms with van der Waals surface area (Å²) in [5, 5.41) is 3.52. The van der Waals surface area contributed by atoms with Crippen LogP contribution in [0.2, 0.25) is 0 Å². The summed E-state index contributed by atoms with van der Waals surface area (Å²) in [5.74, 6) is 0. The van der Waals surface area contributed by atoms with Gasteiger partial charge in [0.25, 0.3) is 0 Å². The van der Waals surface area contributed by atoms with E-state index >= 15 is 0 Å². The summed E-state index contributed by atoms with van der Waals surface area (Å²) in [4.78, 5) is 2.62. The minimum atomic E-state index is 0.443. The van der Waals surface area contributed by atoms with Gasteiger partial charge in [-0.1, -0.05) is 12.8 Å². The highest BCUT2D eigenvalue weighted by molar-refractivity contribution is 4.87. The Balaban J connectivity index is 1.70. The molecule has 1 saturated carbocycles. The lowest BCUT2D eigenvalue weighted by molar-refractivity contribution is -0.0875. The van der Waals surface area contributed by atoms with E-state index in [-0.39, 0.29) is 0 Å². The van der Waals surface area contributed by atoms with Crippen LogP contribution in [0.3, 0.4) is 0 Å². The molecule has 0 spiro atoms. The molecule has 1 saturated heterocycles. The Morgan fingerprint density at radius 3 is 3.06 bits per heavy atom. The number of nitrogens with zero attached hydrogens (tertiary/aromatic N) is 1. The van der Waals surface area contributed by atoms with Gasteiger partial charge in [-0.25, -0.2) is 0 Å². The van der Waals surface area contributed by atoms with Crippen LogP contribution in [0.4, 0.5) is 0 Å². The fourth-order valence-electron chi connectivity index (χ4n) is 3.22. The summed E-state index contributed by atoms with van der Waals surface area (Å²) in [7, 11) is 1.76. The summed E-state index contributed by atoms with van der Waals surface area (Å²) >= 11 is 0. The van der Waals surface area contributed by atoms with E-state index in [1.807, 2.05) is 0 Å². The highest BCUT2D eigenvalue weighted by Gasteiger charge is 2.33. The monoisotopic (exact) mass is 256 g/mol. The van der Waals surface area contributed by atoms with Gasteiger partial charge in [-0.05, 0) is 19.8 Å². The van der Waals surface area contributed by atoms with Gasteiger partial charge in [0, 0.05) is 38.8 Å². The third-order valence-electron chi connectivity index (χ3n) is 4.16. The van der Waals surface area contributed by atoms with E-state index < -0.39 is 0 Å². The second kappa shape index (κ2) is 7.43. The van der Waals surface area contributed by atoms with Gasteiger partial charge in [-0.2, -0.15) is 0 Å². The average molecular weight is 256 g/mol. The second-order valence-electron chi connectivity index (χ2n) is 5.61. The quantitative estimate of drug-likeness (QED) is 0.775. The van der Waals surface area contributed by atoms with Gasteiger partial charge in [0.1, 0.15) is 0 Å². The van der Waals surface area contributed by atoms with Gasteiger partial charge >= 0.3 is 0 Å². The molecular weight excluding hydrogens is 228 g/mol. The van der Waals surface area contributed by atoms with Crippen molar-refractivity contribution in [2.24, 2.45) is 0 Å². The Morgan fingerprint density at radius 2 is 2.22 bits per heavy atom. The number of hydrogen-bond donors (Lipinski definition) is 1. The molecule has 1 aliphatic carbocycles. The molecule has 0 amide bonds. The van der Waals surface area contributed by atoms with Gasteiger partial charge in [0.15, 0.2) is 0 Å². The van der Waals surface area contributed by atoms with Crippen molar-refractivity contribution in [3.63, 3.8) is 0 Å². The van der Waals surface area contributed by atoms with E-state index in [9.17, 15) is 0 Å². The molecule has 0 radical (unpaired) electrons. The number of methoxy groups -OCH3 is 1. The highest BCUT2D eigenvalue weighted by atomic mass is 16.5. The van der Waals surface area contributed by atoms with Crippen molar-refractivity contribution in [3.05, 3.63) is 0 Å².